The first kappa shape index (κ1) is 25.5. The van der Waals surface area contributed by atoms with Crippen molar-refractivity contribution in [3.63, 3.8) is 0 Å². The van der Waals surface area contributed by atoms with Gasteiger partial charge in [0.25, 0.3) is 5.91 Å². The van der Waals surface area contributed by atoms with E-state index >= 15 is 0 Å². The molecule has 1 N–H and O–H groups in total. The monoisotopic (exact) mass is 491 g/mol. The number of rotatable bonds is 8. The lowest BCUT2D eigenvalue weighted by atomic mass is 9.99. The van der Waals surface area contributed by atoms with Crippen molar-refractivity contribution >= 4 is 5.91 Å². The van der Waals surface area contributed by atoms with Gasteiger partial charge in [-0.05, 0) is 26.1 Å². The number of aliphatic hydroxyl groups is 1. The molecule has 36 heavy (non-hydrogen) atoms. The van der Waals surface area contributed by atoms with Gasteiger partial charge in [-0.2, -0.15) is 0 Å². The first-order chi connectivity index (χ1) is 17.4. The first-order valence-electron chi connectivity index (χ1n) is 12.1. The third-order valence-electron chi connectivity index (χ3n) is 6.50. The number of amides is 1. The molecule has 4 rings (SSSR count). The third-order valence-corrected chi connectivity index (χ3v) is 6.50. The zero-order valence-electron chi connectivity index (χ0n) is 21.2. The summed E-state index contributed by atoms with van der Waals surface area (Å²) in [6, 6.07) is 9.07. The maximum atomic E-state index is 13.7. The highest BCUT2D eigenvalue weighted by atomic mass is 16.5. The molecule has 0 saturated carbocycles. The van der Waals surface area contributed by atoms with E-state index in [1.165, 1.54) is 6.33 Å². The molecule has 3 atom stereocenters. The van der Waals surface area contributed by atoms with Crippen LogP contribution in [0.4, 0.5) is 0 Å². The summed E-state index contributed by atoms with van der Waals surface area (Å²) in [6.07, 6.45) is 6.58. The highest BCUT2D eigenvalue weighted by Crippen LogP contribution is 2.34. The summed E-state index contributed by atoms with van der Waals surface area (Å²) in [7, 11) is 3.63. The normalized spacial score (nSPS) is 18.7. The fourth-order valence-electron chi connectivity index (χ4n) is 4.45. The van der Waals surface area contributed by atoms with E-state index in [0.717, 1.165) is 16.7 Å². The average molecular weight is 492 g/mol. The highest BCUT2D eigenvalue weighted by Gasteiger charge is 2.34. The fraction of sp³-hybridized carbons (Fsp3) is 0.407. The molecule has 190 valence electrons. The number of methoxy groups -OCH3 is 1. The van der Waals surface area contributed by atoms with Gasteiger partial charge in [0.05, 0.1) is 19.8 Å². The van der Waals surface area contributed by atoms with E-state index in [1.54, 1.807) is 36.7 Å². The minimum atomic E-state index is -0.347. The summed E-state index contributed by atoms with van der Waals surface area (Å²) < 4.78 is 11.9. The molecule has 1 aliphatic rings. The minimum Gasteiger partial charge on any atom is -0.496 e. The van der Waals surface area contributed by atoms with Crippen molar-refractivity contribution in [1.82, 2.24) is 24.8 Å². The van der Waals surface area contributed by atoms with Crippen LogP contribution in [0.1, 0.15) is 29.8 Å². The molecule has 3 aromatic rings. The fourth-order valence-corrected chi connectivity index (χ4v) is 4.45. The second-order valence-electron chi connectivity index (χ2n) is 9.34. The SMILES string of the molecule is COc1ccccc1-c1cnc2c(c1)C(=O)N([C@@H](C)CO)C[C@@H](C)[C@@H](CN(C)Cc1cncnc1)O2. The van der Waals surface area contributed by atoms with E-state index in [4.69, 9.17) is 9.47 Å². The maximum absolute atomic E-state index is 13.7. The van der Waals surface area contributed by atoms with Gasteiger partial charge in [-0.25, -0.2) is 15.0 Å². The second kappa shape index (κ2) is 11.5. The number of aliphatic hydroxyl groups excluding tert-OH is 1. The number of carbonyl (C=O) groups is 1. The van der Waals surface area contributed by atoms with Crippen LogP contribution >= 0.6 is 0 Å². The molecule has 2 aromatic heterocycles. The minimum absolute atomic E-state index is 0.00117. The number of para-hydroxylation sites is 1. The number of ether oxygens (including phenoxy) is 2. The van der Waals surface area contributed by atoms with Crippen LogP contribution in [0.5, 0.6) is 11.6 Å². The standard InChI is InChI=1S/C27H33N5O4/c1-18-13-32(19(2)16-33)27(34)23-9-21(22-7-5-6-8-24(22)35-4)12-30-26(23)36-25(18)15-31(3)14-20-10-28-17-29-11-20/h5-12,17-19,25,33H,13-16H2,1-4H3/t18-,19+,25-/m1/s1. The third kappa shape index (κ3) is 5.63. The quantitative estimate of drug-likeness (QED) is 0.513. The van der Waals surface area contributed by atoms with Crippen molar-refractivity contribution in [3.05, 3.63) is 66.4 Å². The van der Waals surface area contributed by atoms with Crippen LogP contribution < -0.4 is 9.47 Å². The second-order valence-corrected chi connectivity index (χ2v) is 9.34. The van der Waals surface area contributed by atoms with Gasteiger partial charge in [-0.15, -0.1) is 0 Å². The Kier molecular flexibility index (Phi) is 8.12. The molecule has 0 bridgehead atoms. The summed E-state index contributed by atoms with van der Waals surface area (Å²) in [4.78, 5) is 30.3. The van der Waals surface area contributed by atoms with Gasteiger partial charge in [0, 0.05) is 60.8 Å². The molecule has 1 amide bonds. The summed E-state index contributed by atoms with van der Waals surface area (Å²) in [6.45, 7) is 5.50. The van der Waals surface area contributed by atoms with Crippen LogP contribution in [0.15, 0.2) is 55.2 Å². The molecule has 1 aromatic carbocycles. The number of carbonyl (C=O) groups excluding carboxylic acids is 1. The van der Waals surface area contributed by atoms with Crippen molar-refractivity contribution in [1.29, 1.82) is 0 Å². The zero-order valence-corrected chi connectivity index (χ0v) is 21.2. The number of hydrogen-bond donors (Lipinski definition) is 1. The van der Waals surface area contributed by atoms with Gasteiger partial charge in [-0.3, -0.25) is 9.69 Å². The summed E-state index contributed by atoms with van der Waals surface area (Å²) in [5.74, 6) is 0.774. The Bertz CT molecular complexity index is 1180. The Morgan fingerprint density at radius 2 is 1.97 bits per heavy atom. The lowest BCUT2D eigenvalue weighted by Gasteiger charge is -2.37. The predicted octanol–water partition coefficient (Wildman–Crippen LogP) is 2.90. The van der Waals surface area contributed by atoms with Crippen LogP contribution in [-0.4, -0.2) is 81.8 Å². The maximum Gasteiger partial charge on any atom is 0.259 e. The molecule has 0 spiro atoms. The topological polar surface area (TPSA) is 101 Å². The lowest BCUT2D eigenvalue weighted by Crippen LogP contribution is -2.49. The van der Waals surface area contributed by atoms with Crippen molar-refractivity contribution in [2.24, 2.45) is 5.92 Å². The molecular formula is C27H33N5O4. The molecule has 0 unspecified atom stereocenters. The van der Waals surface area contributed by atoms with E-state index in [9.17, 15) is 9.90 Å². The number of benzene rings is 1. The van der Waals surface area contributed by atoms with E-state index in [2.05, 4.69) is 26.8 Å². The van der Waals surface area contributed by atoms with Crippen molar-refractivity contribution in [2.45, 2.75) is 32.5 Å². The van der Waals surface area contributed by atoms with E-state index < -0.39 is 0 Å². The van der Waals surface area contributed by atoms with Crippen molar-refractivity contribution in [2.75, 3.05) is 33.9 Å². The lowest BCUT2D eigenvalue weighted by molar-refractivity contribution is 0.0325. The molecule has 0 aliphatic carbocycles. The average Bonchev–Trinajstić information content (AvgIpc) is 2.90. The summed E-state index contributed by atoms with van der Waals surface area (Å²) >= 11 is 0. The van der Waals surface area contributed by atoms with Crippen LogP contribution in [0.2, 0.25) is 0 Å². The highest BCUT2D eigenvalue weighted by molar-refractivity contribution is 5.98. The van der Waals surface area contributed by atoms with E-state index in [0.29, 0.717) is 36.8 Å². The van der Waals surface area contributed by atoms with Crippen LogP contribution in [-0.2, 0) is 6.54 Å². The summed E-state index contributed by atoms with van der Waals surface area (Å²) in [5, 5.41) is 9.90. The van der Waals surface area contributed by atoms with Crippen molar-refractivity contribution in [3.8, 4) is 22.8 Å². The van der Waals surface area contributed by atoms with E-state index in [-0.39, 0.29) is 30.6 Å². The Morgan fingerprint density at radius 3 is 2.69 bits per heavy atom. The number of hydrogen-bond acceptors (Lipinski definition) is 8. The van der Waals surface area contributed by atoms with Crippen LogP contribution in [0, 0.1) is 5.92 Å². The van der Waals surface area contributed by atoms with Gasteiger partial charge >= 0.3 is 0 Å². The van der Waals surface area contributed by atoms with E-state index in [1.807, 2.05) is 38.2 Å². The molecule has 3 heterocycles. The summed E-state index contributed by atoms with van der Waals surface area (Å²) in [5.41, 5.74) is 2.96. The largest absolute Gasteiger partial charge is 0.496 e. The van der Waals surface area contributed by atoms with Crippen LogP contribution in [0.3, 0.4) is 0 Å². The Balaban J connectivity index is 1.68. The Morgan fingerprint density at radius 1 is 1.22 bits per heavy atom. The van der Waals surface area contributed by atoms with Gasteiger partial charge in [0.2, 0.25) is 5.88 Å². The smallest absolute Gasteiger partial charge is 0.259 e. The number of nitrogens with zero attached hydrogens (tertiary/aromatic N) is 5. The predicted molar refractivity (Wildman–Crippen MR) is 136 cm³/mol. The number of aromatic nitrogens is 3. The van der Waals surface area contributed by atoms with Gasteiger partial charge < -0.3 is 19.5 Å². The molecular weight excluding hydrogens is 458 g/mol. The molecule has 0 radical (unpaired) electrons. The first-order valence-corrected chi connectivity index (χ1v) is 12.1. The molecule has 9 nitrogen and oxygen atoms in total. The Labute approximate surface area is 211 Å². The zero-order chi connectivity index (χ0) is 25.7. The van der Waals surface area contributed by atoms with Gasteiger partial charge in [-0.1, -0.05) is 25.1 Å². The number of likely N-dealkylation sites (N-methyl/N-ethyl adjacent to an activating group) is 1. The van der Waals surface area contributed by atoms with Crippen molar-refractivity contribution < 1.29 is 19.4 Å². The van der Waals surface area contributed by atoms with Crippen LogP contribution in [0.25, 0.3) is 11.1 Å². The number of pyridine rings is 1. The Hall–Kier alpha value is -3.56. The van der Waals surface area contributed by atoms with Gasteiger partial charge in [0.15, 0.2) is 0 Å². The number of fused-ring (bicyclic) bond motifs is 1. The molecule has 0 saturated heterocycles. The van der Waals surface area contributed by atoms with Gasteiger partial charge in [0.1, 0.15) is 23.7 Å². The molecule has 9 heteroatoms. The molecule has 0 fully saturated rings. The molecule has 1 aliphatic heterocycles.